The minimum Gasteiger partial charge on any atom is -0.507 e. The second-order valence-corrected chi connectivity index (χ2v) is 8.85. The Balaban J connectivity index is 1.88. The van der Waals surface area contributed by atoms with Gasteiger partial charge >= 0.3 is 0 Å². The van der Waals surface area contributed by atoms with Gasteiger partial charge in [-0.15, -0.1) is 0 Å². The molecule has 0 radical (unpaired) electrons. The standard InChI is InChI=1S/C29H35N3O3/c1-7-30(8-2)22-11-13-24-26(17-22)35-27-18-23(31(9-3)10-4)12-14-25(27)32(24)29(34)21-15-19(5)28(33)20(6)16-21/h11-18,33H,7-10H2,1-6H3. The molecular formula is C29H35N3O3. The number of hydrogen-bond donors (Lipinski definition) is 1. The number of rotatable bonds is 7. The summed E-state index contributed by atoms with van der Waals surface area (Å²) in [5.41, 5.74) is 5.40. The van der Waals surface area contributed by atoms with Crippen molar-refractivity contribution < 1.29 is 14.6 Å². The van der Waals surface area contributed by atoms with Gasteiger partial charge in [0.15, 0.2) is 11.5 Å². The van der Waals surface area contributed by atoms with Crippen molar-refractivity contribution in [3.05, 3.63) is 65.2 Å². The first-order chi connectivity index (χ1) is 16.8. The van der Waals surface area contributed by atoms with Gasteiger partial charge in [-0.05, 0) is 89.1 Å². The predicted molar refractivity (Wildman–Crippen MR) is 144 cm³/mol. The monoisotopic (exact) mass is 473 g/mol. The third kappa shape index (κ3) is 4.41. The Labute approximate surface area is 208 Å². The average Bonchev–Trinajstić information content (AvgIpc) is 2.86. The quantitative estimate of drug-likeness (QED) is 0.410. The SMILES string of the molecule is CCN(CC)c1ccc2c(c1)Oc1cc(N(CC)CC)ccc1N2C(=O)c1cc(C)c(O)c(C)c1. The van der Waals surface area contributed by atoms with Crippen molar-refractivity contribution >= 4 is 28.7 Å². The van der Waals surface area contributed by atoms with Gasteiger partial charge in [0.1, 0.15) is 5.75 Å². The average molecular weight is 474 g/mol. The summed E-state index contributed by atoms with van der Waals surface area (Å²) >= 11 is 0. The predicted octanol–water partition coefficient (Wildman–Crippen LogP) is 6.79. The molecule has 0 aromatic heterocycles. The van der Waals surface area contributed by atoms with E-state index in [4.69, 9.17) is 4.74 Å². The maximum Gasteiger partial charge on any atom is 0.263 e. The van der Waals surface area contributed by atoms with Crippen LogP contribution in [0.1, 0.15) is 49.2 Å². The van der Waals surface area contributed by atoms with Gasteiger partial charge in [0, 0.05) is 55.2 Å². The van der Waals surface area contributed by atoms with Crippen molar-refractivity contribution in [2.45, 2.75) is 41.5 Å². The molecule has 0 atom stereocenters. The molecule has 184 valence electrons. The molecular weight excluding hydrogens is 438 g/mol. The van der Waals surface area contributed by atoms with Crippen LogP contribution in [0.5, 0.6) is 17.2 Å². The third-order valence-corrected chi connectivity index (χ3v) is 6.79. The van der Waals surface area contributed by atoms with E-state index in [1.807, 2.05) is 50.2 Å². The Morgan fingerprint density at radius 3 is 1.60 bits per heavy atom. The highest BCUT2D eigenvalue weighted by Gasteiger charge is 2.31. The van der Waals surface area contributed by atoms with Gasteiger partial charge in [0.2, 0.25) is 0 Å². The van der Waals surface area contributed by atoms with Gasteiger partial charge in [-0.25, -0.2) is 0 Å². The minimum atomic E-state index is -0.159. The number of phenols is 1. The van der Waals surface area contributed by atoms with Crippen LogP contribution in [0.2, 0.25) is 0 Å². The summed E-state index contributed by atoms with van der Waals surface area (Å²) in [5.74, 6) is 1.36. The fourth-order valence-electron chi connectivity index (χ4n) is 4.78. The van der Waals surface area contributed by atoms with Crippen LogP contribution in [-0.4, -0.2) is 37.2 Å². The Morgan fingerprint density at radius 1 is 0.771 bits per heavy atom. The van der Waals surface area contributed by atoms with Crippen LogP contribution in [0, 0.1) is 13.8 Å². The van der Waals surface area contributed by atoms with E-state index in [9.17, 15) is 9.90 Å². The van der Waals surface area contributed by atoms with E-state index in [1.54, 1.807) is 17.0 Å². The van der Waals surface area contributed by atoms with E-state index in [0.29, 0.717) is 39.6 Å². The molecule has 1 aliphatic rings. The van der Waals surface area contributed by atoms with Gasteiger partial charge in [-0.1, -0.05) is 0 Å². The number of carbonyl (C=O) groups excluding carboxylic acids is 1. The van der Waals surface area contributed by atoms with E-state index in [-0.39, 0.29) is 11.7 Å². The van der Waals surface area contributed by atoms with Gasteiger partial charge < -0.3 is 19.6 Å². The number of carbonyl (C=O) groups is 1. The highest BCUT2D eigenvalue weighted by molar-refractivity contribution is 6.13. The second-order valence-electron chi connectivity index (χ2n) is 8.85. The summed E-state index contributed by atoms with van der Waals surface area (Å²) in [5, 5.41) is 10.2. The summed E-state index contributed by atoms with van der Waals surface area (Å²) in [6, 6.07) is 15.5. The number of anilines is 4. The number of fused-ring (bicyclic) bond motifs is 2. The number of aromatic hydroxyl groups is 1. The van der Waals surface area contributed by atoms with Crippen molar-refractivity contribution in [2.24, 2.45) is 0 Å². The van der Waals surface area contributed by atoms with Crippen LogP contribution in [-0.2, 0) is 0 Å². The molecule has 6 nitrogen and oxygen atoms in total. The largest absolute Gasteiger partial charge is 0.507 e. The molecule has 4 rings (SSSR count). The van der Waals surface area contributed by atoms with E-state index in [2.05, 4.69) is 37.5 Å². The van der Waals surface area contributed by atoms with Crippen LogP contribution in [0.3, 0.4) is 0 Å². The van der Waals surface area contributed by atoms with E-state index < -0.39 is 0 Å². The zero-order valence-electron chi connectivity index (χ0n) is 21.6. The Hall–Kier alpha value is -3.67. The number of amides is 1. The molecule has 3 aromatic rings. The van der Waals surface area contributed by atoms with Crippen molar-refractivity contribution in [2.75, 3.05) is 40.9 Å². The molecule has 6 heteroatoms. The zero-order chi connectivity index (χ0) is 25.3. The van der Waals surface area contributed by atoms with Crippen molar-refractivity contribution in [1.82, 2.24) is 0 Å². The lowest BCUT2D eigenvalue weighted by Crippen LogP contribution is -2.30. The lowest BCUT2D eigenvalue weighted by molar-refractivity contribution is 0.0997. The number of aryl methyl sites for hydroxylation is 2. The third-order valence-electron chi connectivity index (χ3n) is 6.79. The lowest BCUT2D eigenvalue weighted by atomic mass is 10.0. The summed E-state index contributed by atoms with van der Waals surface area (Å²) in [6.45, 7) is 15.7. The first-order valence-electron chi connectivity index (χ1n) is 12.4. The maximum atomic E-state index is 14.0. The fourth-order valence-corrected chi connectivity index (χ4v) is 4.78. The molecule has 0 saturated carbocycles. The van der Waals surface area contributed by atoms with Crippen molar-refractivity contribution in [1.29, 1.82) is 0 Å². The Morgan fingerprint density at radius 2 is 1.20 bits per heavy atom. The summed E-state index contributed by atoms with van der Waals surface area (Å²) in [4.78, 5) is 20.2. The Bertz CT molecular complexity index is 1160. The van der Waals surface area contributed by atoms with Gasteiger partial charge in [0.25, 0.3) is 5.91 Å². The van der Waals surface area contributed by atoms with Crippen molar-refractivity contribution in [3.63, 3.8) is 0 Å². The van der Waals surface area contributed by atoms with Crippen LogP contribution >= 0.6 is 0 Å². The van der Waals surface area contributed by atoms with Crippen LogP contribution in [0.25, 0.3) is 0 Å². The number of phenolic OH excluding ortho intramolecular Hbond substituents is 1. The van der Waals surface area contributed by atoms with Crippen LogP contribution < -0.4 is 19.4 Å². The minimum absolute atomic E-state index is 0.159. The Kier molecular flexibility index (Phi) is 6.92. The van der Waals surface area contributed by atoms with Gasteiger partial charge in [-0.2, -0.15) is 0 Å². The molecule has 1 aliphatic heterocycles. The molecule has 35 heavy (non-hydrogen) atoms. The van der Waals surface area contributed by atoms with Crippen LogP contribution in [0.4, 0.5) is 22.7 Å². The fraction of sp³-hybridized carbons (Fsp3) is 0.345. The number of benzene rings is 3. The highest BCUT2D eigenvalue weighted by atomic mass is 16.5. The molecule has 1 amide bonds. The number of nitrogens with zero attached hydrogens (tertiary/aromatic N) is 3. The molecule has 1 heterocycles. The molecule has 0 spiro atoms. The normalized spacial score (nSPS) is 12.0. The molecule has 3 aromatic carbocycles. The summed E-state index contributed by atoms with van der Waals surface area (Å²) in [7, 11) is 0. The first kappa shape index (κ1) is 24.5. The maximum absolute atomic E-state index is 14.0. The van der Waals surface area contributed by atoms with E-state index in [1.165, 1.54) is 0 Å². The smallest absolute Gasteiger partial charge is 0.263 e. The highest BCUT2D eigenvalue weighted by Crippen LogP contribution is 2.49. The summed E-state index contributed by atoms with van der Waals surface area (Å²) < 4.78 is 6.43. The molecule has 0 saturated heterocycles. The molecule has 0 aliphatic carbocycles. The zero-order valence-corrected chi connectivity index (χ0v) is 21.6. The molecule has 0 bridgehead atoms. The molecule has 1 N–H and O–H groups in total. The number of ether oxygens (including phenoxy) is 1. The first-order valence-corrected chi connectivity index (χ1v) is 12.4. The van der Waals surface area contributed by atoms with Gasteiger partial charge in [-0.3, -0.25) is 9.69 Å². The topological polar surface area (TPSA) is 56.2 Å². The van der Waals surface area contributed by atoms with E-state index in [0.717, 1.165) is 37.6 Å². The van der Waals surface area contributed by atoms with E-state index >= 15 is 0 Å². The lowest BCUT2D eigenvalue weighted by Gasteiger charge is -2.33. The summed E-state index contributed by atoms with van der Waals surface area (Å²) in [6.07, 6.45) is 0. The van der Waals surface area contributed by atoms with Gasteiger partial charge in [0.05, 0.1) is 11.4 Å². The second kappa shape index (κ2) is 9.90. The number of hydrogen-bond acceptors (Lipinski definition) is 5. The molecule has 0 unspecified atom stereocenters. The molecule has 0 fully saturated rings. The van der Waals surface area contributed by atoms with Crippen molar-refractivity contribution in [3.8, 4) is 17.2 Å². The van der Waals surface area contributed by atoms with Crippen LogP contribution in [0.15, 0.2) is 48.5 Å².